The maximum Gasteiger partial charge on any atom is 0.0930 e. The van der Waals surface area contributed by atoms with E-state index in [2.05, 4.69) is 127 Å². The first-order valence-corrected chi connectivity index (χ1v) is 12.1. The van der Waals surface area contributed by atoms with Crippen LogP contribution in [0.1, 0.15) is 36.4 Å². The molecule has 3 aromatic carbocycles. The minimum Gasteiger partial charge on any atom is -0.258 e. The van der Waals surface area contributed by atoms with Gasteiger partial charge in [-0.15, -0.1) is 10.2 Å². The molecular weight excluding hydrogens is 426 g/mol. The first-order chi connectivity index (χ1) is 16.9. The molecule has 0 amide bonds. The summed E-state index contributed by atoms with van der Waals surface area (Å²) in [5, 5.41) is 9.16. The normalized spacial score (nSPS) is 13.4. The lowest BCUT2D eigenvalue weighted by Gasteiger charge is -2.21. The zero-order valence-electron chi connectivity index (χ0n) is 20.5. The van der Waals surface area contributed by atoms with Crippen LogP contribution in [-0.4, -0.2) is 15.2 Å². The second-order valence-corrected chi connectivity index (χ2v) is 9.90. The predicted octanol–water partition coefficient (Wildman–Crippen LogP) is 7.80. The number of nitrogens with zero attached hydrogens (tertiary/aromatic N) is 3. The van der Waals surface area contributed by atoms with Gasteiger partial charge in [-0.2, -0.15) is 0 Å². The quantitative estimate of drug-likeness (QED) is 0.280. The van der Waals surface area contributed by atoms with E-state index < -0.39 is 0 Å². The van der Waals surface area contributed by atoms with Gasteiger partial charge in [0.05, 0.1) is 11.4 Å². The average Bonchev–Trinajstić information content (AvgIpc) is 3.11. The first kappa shape index (κ1) is 21.4. The Balaban J connectivity index is 1.29. The number of aromatic nitrogens is 3. The maximum atomic E-state index is 4.59. The van der Waals surface area contributed by atoms with Gasteiger partial charge in [0.15, 0.2) is 0 Å². The molecule has 0 unspecified atom stereocenters. The standard InChI is InChI=1S/C32H27N3/c1-20-9-15-25(21(2)33-20)22-10-12-23(13-11-22)30-17-18-31(35-34-30)24-14-16-27-26-7-5-6-8-28(26)32(3,4)29(27)19-24/h5-19H,1-4H3. The molecular formula is C32H27N3. The highest BCUT2D eigenvalue weighted by atomic mass is 15.1. The fraction of sp³-hybridized carbons (Fsp3) is 0.156. The summed E-state index contributed by atoms with van der Waals surface area (Å²) in [6, 6.07) is 32.2. The Morgan fingerprint density at radius 3 is 1.86 bits per heavy atom. The molecule has 1 aliphatic carbocycles. The lowest BCUT2D eigenvalue weighted by atomic mass is 9.82. The van der Waals surface area contributed by atoms with E-state index in [9.17, 15) is 0 Å². The summed E-state index contributed by atoms with van der Waals surface area (Å²) in [4.78, 5) is 4.59. The van der Waals surface area contributed by atoms with Crippen molar-refractivity contribution in [2.75, 3.05) is 0 Å². The van der Waals surface area contributed by atoms with Gasteiger partial charge < -0.3 is 0 Å². The van der Waals surface area contributed by atoms with Crippen LogP contribution in [0, 0.1) is 13.8 Å². The van der Waals surface area contributed by atoms with Gasteiger partial charge in [-0.25, -0.2) is 0 Å². The number of pyridine rings is 1. The van der Waals surface area contributed by atoms with Crippen molar-refractivity contribution in [3.63, 3.8) is 0 Å². The minimum absolute atomic E-state index is 0.0254. The van der Waals surface area contributed by atoms with E-state index in [0.717, 1.165) is 45.0 Å². The van der Waals surface area contributed by atoms with Gasteiger partial charge in [-0.05, 0) is 65.9 Å². The van der Waals surface area contributed by atoms with Gasteiger partial charge in [-0.1, -0.05) is 80.6 Å². The zero-order chi connectivity index (χ0) is 24.2. The largest absolute Gasteiger partial charge is 0.258 e. The van der Waals surface area contributed by atoms with E-state index in [1.165, 1.54) is 22.3 Å². The molecule has 6 rings (SSSR count). The van der Waals surface area contributed by atoms with Crippen LogP contribution < -0.4 is 0 Å². The zero-order valence-corrected chi connectivity index (χ0v) is 20.5. The molecule has 0 radical (unpaired) electrons. The van der Waals surface area contributed by atoms with Crippen molar-refractivity contribution in [1.29, 1.82) is 0 Å². The van der Waals surface area contributed by atoms with E-state index in [1.807, 2.05) is 6.92 Å². The molecule has 2 aromatic heterocycles. The Morgan fingerprint density at radius 2 is 1.14 bits per heavy atom. The van der Waals surface area contributed by atoms with Crippen molar-refractivity contribution >= 4 is 0 Å². The van der Waals surface area contributed by atoms with Gasteiger partial charge in [-0.3, -0.25) is 4.98 Å². The number of hydrogen-bond acceptors (Lipinski definition) is 3. The van der Waals surface area contributed by atoms with Crippen LogP contribution in [0.3, 0.4) is 0 Å². The summed E-state index contributed by atoms with van der Waals surface area (Å²) in [7, 11) is 0. The molecule has 170 valence electrons. The highest BCUT2D eigenvalue weighted by Crippen LogP contribution is 2.49. The van der Waals surface area contributed by atoms with E-state index in [4.69, 9.17) is 0 Å². The molecule has 5 aromatic rings. The van der Waals surface area contributed by atoms with E-state index in [1.54, 1.807) is 0 Å². The molecule has 0 atom stereocenters. The van der Waals surface area contributed by atoms with Crippen molar-refractivity contribution in [3.8, 4) is 44.8 Å². The smallest absolute Gasteiger partial charge is 0.0930 e. The van der Waals surface area contributed by atoms with Crippen LogP contribution in [-0.2, 0) is 5.41 Å². The summed E-state index contributed by atoms with van der Waals surface area (Å²) >= 11 is 0. The summed E-state index contributed by atoms with van der Waals surface area (Å²) in [6.45, 7) is 8.67. The fourth-order valence-corrected chi connectivity index (χ4v) is 5.32. The molecule has 0 bridgehead atoms. The molecule has 0 fully saturated rings. The molecule has 0 spiro atoms. The average molecular weight is 454 g/mol. The molecule has 0 saturated carbocycles. The molecule has 35 heavy (non-hydrogen) atoms. The van der Waals surface area contributed by atoms with Crippen molar-refractivity contribution in [1.82, 2.24) is 15.2 Å². The van der Waals surface area contributed by atoms with Crippen LogP contribution in [0.5, 0.6) is 0 Å². The Bertz CT molecular complexity index is 1560. The second-order valence-electron chi connectivity index (χ2n) is 9.90. The molecule has 0 aliphatic heterocycles. The SMILES string of the molecule is Cc1ccc(-c2ccc(-c3ccc(-c4ccc5c(c4)C(C)(C)c4ccccc4-5)nn3)cc2)c(C)n1. The summed E-state index contributed by atoms with van der Waals surface area (Å²) < 4.78 is 0. The Labute approximate surface area is 206 Å². The molecule has 3 nitrogen and oxygen atoms in total. The highest BCUT2D eigenvalue weighted by molar-refractivity contribution is 5.83. The molecule has 2 heterocycles. The topological polar surface area (TPSA) is 38.7 Å². The van der Waals surface area contributed by atoms with Crippen molar-refractivity contribution in [3.05, 3.63) is 114 Å². The van der Waals surface area contributed by atoms with Crippen molar-refractivity contribution in [2.24, 2.45) is 0 Å². The third kappa shape index (κ3) is 3.55. The predicted molar refractivity (Wildman–Crippen MR) is 143 cm³/mol. The molecule has 1 aliphatic rings. The monoisotopic (exact) mass is 453 g/mol. The van der Waals surface area contributed by atoms with Crippen LogP contribution in [0.25, 0.3) is 44.8 Å². The van der Waals surface area contributed by atoms with Crippen molar-refractivity contribution < 1.29 is 0 Å². The van der Waals surface area contributed by atoms with Crippen molar-refractivity contribution in [2.45, 2.75) is 33.1 Å². The van der Waals surface area contributed by atoms with Crippen LogP contribution >= 0.6 is 0 Å². The third-order valence-electron chi connectivity index (χ3n) is 7.26. The fourth-order valence-electron chi connectivity index (χ4n) is 5.32. The summed E-state index contributed by atoms with van der Waals surface area (Å²) in [6.07, 6.45) is 0. The Hall–Kier alpha value is -4.11. The van der Waals surface area contributed by atoms with Gasteiger partial charge in [0.2, 0.25) is 0 Å². The van der Waals surface area contributed by atoms with Gasteiger partial charge in [0, 0.05) is 33.5 Å². The van der Waals surface area contributed by atoms with Gasteiger partial charge in [0.25, 0.3) is 0 Å². The second kappa shape index (κ2) is 7.99. The highest BCUT2D eigenvalue weighted by Gasteiger charge is 2.35. The lowest BCUT2D eigenvalue weighted by molar-refractivity contribution is 0.660. The number of rotatable bonds is 3. The minimum atomic E-state index is -0.0254. The molecule has 0 saturated heterocycles. The molecule has 3 heteroatoms. The number of fused-ring (bicyclic) bond motifs is 3. The number of hydrogen-bond donors (Lipinski definition) is 0. The van der Waals surface area contributed by atoms with E-state index in [0.29, 0.717) is 0 Å². The summed E-state index contributed by atoms with van der Waals surface area (Å²) in [5.41, 5.74) is 13.7. The van der Waals surface area contributed by atoms with E-state index >= 15 is 0 Å². The lowest BCUT2D eigenvalue weighted by Crippen LogP contribution is -2.14. The number of benzene rings is 3. The summed E-state index contributed by atoms with van der Waals surface area (Å²) in [5.74, 6) is 0. The Morgan fingerprint density at radius 1 is 0.543 bits per heavy atom. The van der Waals surface area contributed by atoms with E-state index in [-0.39, 0.29) is 5.41 Å². The van der Waals surface area contributed by atoms with Crippen LogP contribution in [0.2, 0.25) is 0 Å². The maximum absolute atomic E-state index is 4.59. The third-order valence-corrected chi connectivity index (χ3v) is 7.26. The van der Waals surface area contributed by atoms with Crippen LogP contribution in [0.4, 0.5) is 0 Å². The van der Waals surface area contributed by atoms with Crippen LogP contribution in [0.15, 0.2) is 91.0 Å². The van der Waals surface area contributed by atoms with Gasteiger partial charge in [0.1, 0.15) is 0 Å². The van der Waals surface area contributed by atoms with Gasteiger partial charge >= 0.3 is 0 Å². The first-order valence-electron chi connectivity index (χ1n) is 12.1. The Kier molecular flexibility index (Phi) is 4.89. The number of aryl methyl sites for hydroxylation is 2. The molecule has 0 N–H and O–H groups in total.